The normalized spacial score (nSPS) is 15.2. The van der Waals surface area contributed by atoms with Crippen LogP contribution in [0.1, 0.15) is 42.5 Å². The molecule has 1 aromatic carbocycles. The molecular weight excluding hydrogens is 388 g/mol. The van der Waals surface area contributed by atoms with E-state index in [-0.39, 0.29) is 11.8 Å². The van der Waals surface area contributed by atoms with E-state index in [1.807, 2.05) is 38.3 Å². The zero-order chi connectivity index (χ0) is 20.5. The fraction of sp³-hybridized carbons (Fsp3) is 0.333. The molecule has 29 heavy (non-hydrogen) atoms. The number of fused-ring (bicyclic) bond motifs is 1. The van der Waals surface area contributed by atoms with Crippen molar-refractivity contribution >= 4 is 22.4 Å². The number of H-pyrrole nitrogens is 1. The highest BCUT2D eigenvalue weighted by molar-refractivity contribution is 7.14. The zero-order valence-corrected chi connectivity index (χ0v) is 17.3. The van der Waals surface area contributed by atoms with Gasteiger partial charge in [0.2, 0.25) is 0 Å². The van der Waals surface area contributed by atoms with Crippen LogP contribution in [0, 0.1) is 5.92 Å². The molecule has 0 radical (unpaired) electrons. The highest BCUT2D eigenvalue weighted by atomic mass is 32.1. The number of ether oxygens (including phenoxy) is 1. The smallest absolute Gasteiger partial charge is 0.345 e. The van der Waals surface area contributed by atoms with Gasteiger partial charge in [-0.25, -0.2) is 9.78 Å². The Morgan fingerprint density at radius 3 is 2.97 bits per heavy atom. The van der Waals surface area contributed by atoms with Crippen molar-refractivity contribution in [2.45, 2.75) is 39.7 Å². The minimum Gasteiger partial charge on any atom is -0.490 e. The molecule has 150 valence electrons. The summed E-state index contributed by atoms with van der Waals surface area (Å²) in [6, 6.07) is 7.62. The van der Waals surface area contributed by atoms with Gasteiger partial charge in [-0.05, 0) is 49.1 Å². The predicted molar refractivity (Wildman–Crippen MR) is 113 cm³/mol. The van der Waals surface area contributed by atoms with Crippen molar-refractivity contribution in [3.63, 3.8) is 0 Å². The molecule has 7 nitrogen and oxygen atoms in total. The summed E-state index contributed by atoms with van der Waals surface area (Å²) in [5, 5.41) is 5.10. The van der Waals surface area contributed by atoms with Gasteiger partial charge in [0.25, 0.3) is 5.91 Å². The second-order valence-electron chi connectivity index (χ2n) is 7.64. The van der Waals surface area contributed by atoms with Gasteiger partial charge >= 0.3 is 5.69 Å². The lowest BCUT2D eigenvalue weighted by atomic mass is 10.1. The summed E-state index contributed by atoms with van der Waals surface area (Å²) in [5.41, 5.74) is 3.18. The van der Waals surface area contributed by atoms with E-state index in [0.717, 1.165) is 23.4 Å². The molecule has 2 N–H and O–H groups in total. The first kappa shape index (κ1) is 19.3. The van der Waals surface area contributed by atoms with Gasteiger partial charge in [0.1, 0.15) is 17.5 Å². The molecule has 1 aliphatic rings. The lowest BCUT2D eigenvalue weighted by molar-refractivity contribution is 0.102. The molecule has 0 bridgehead atoms. The first-order valence-corrected chi connectivity index (χ1v) is 10.4. The third kappa shape index (κ3) is 4.37. The first-order valence-electron chi connectivity index (χ1n) is 9.54. The molecule has 1 aliphatic heterocycles. The van der Waals surface area contributed by atoms with E-state index in [0.29, 0.717) is 23.2 Å². The SMILES string of the molecule is CC(C)Cc1cc(C(=O)Nc2nc(-c3ccc4c(c3)C[C@H](C)O4)cs2)nc(=O)[nH]1. The standard InChI is InChI=1S/C21H22N4O3S/c1-11(2)6-15-9-16(23-20(27)22-15)19(26)25-21-24-17(10-29-21)13-4-5-18-14(8-13)7-12(3)28-18/h4-5,8-12H,6-7H2,1-3H3,(H,22,23,27)(H,24,25,26)/t12-/m0/s1. The van der Waals surface area contributed by atoms with Gasteiger partial charge in [0, 0.05) is 23.1 Å². The number of nitrogens with one attached hydrogen (secondary N) is 2. The van der Waals surface area contributed by atoms with Crippen molar-refractivity contribution in [1.82, 2.24) is 15.0 Å². The lowest BCUT2D eigenvalue weighted by Gasteiger charge is -2.06. The highest BCUT2D eigenvalue weighted by Crippen LogP contribution is 2.33. The summed E-state index contributed by atoms with van der Waals surface area (Å²) < 4.78 is 5.74. The van der Waals surface area contributed by atoms with Gasteiger partial charge in [-0.2, -0.15) is 4.98 Å². The summed E-state index contributed by atoms with van der Waals surface area (Å²) >= 11 is 1.33. The monoisotopic (exact) mass is 410 g/mol. The largest absolute Gasteiger partial charge is 0.490 e. The van der Waals surface area contributed by atoms with Crippen LogP contribution in [-0.2, 0) is 12.8 Å². The number of anilines is 1. The van der Waals surface area contributed by atoms with E-state index in [1.165, 1.54) is 16.9 Å². The lowest BCUT2D eigenvalue weighted by Crippen LogP contribution is -2.22. The van der Waals surface area contributed by atoms with E-state index in [2.05, 4.69) is 26.3 Å². The molecule has 1 amide bonds. The molecule has 2 aromatic heterocycles. The number of aromatic amines is 1. The van der Waals surface area contributed by atoms with E-state index in [9.17, 15) is 9.59 Å². The molecule has 4 rings (SSSR count). The number of carbonyl (C=O) groups excluding carboxylic acids is 1. The van der Waals surface area contributed by atoms with Crippen molar-refractivity contribution in [2.75, 3.05) is 5.32 Å². The Balaban J connectivity index is 1.51. The summed E-state index contributed by atoms with van der Waals surface area (Å²) in [5.74, 6) is 0.826. The molecule has 0 fully saturated rings. The minimum atomic E-state index is -0.525. The predicted octanol–water partition coefficient (Wildman–Crippen LogP) is 3.67. The molecule has 0 saturated carbocycles. The van der Waals surface area contributed by atoms with Crippen LogP contribution in [0.25, 0.3) is 11.3 Å². The summed E-state index contributed by atoms with van der Waals surface area (Å²) in [6.07, 6.45) is 1.73. The molecule has 0 spiro atoms. The van der Waals surface area contributed by atoms with Crippen LogP contribution < -0.4 is 15.7 Å². The third-order valence-corrected chi connectivity index (χ3v) is 5.34. The van der Waals surface area contributed by atoms with Gasteiger partial charge in [-0.3, -0.25) is 10.1 Å². The van der Waals surface area contributed by atoms with Crippen LogP contribution in [0.4, 0.5) is 5.13 Å². The third-order valence-electron chi connectivity index (χ3n) is 4.58. The van der Waals surface area contributed by atoms with Gasteiger partial charge in [-0.1, -0.05) is 13.8 Å². The first-order chi connectivity index (χ1) is 13.9. The van der Waals surface area contributed by atoms with Crippen LogP contribution in [0.15, 0.2) is 34.4 Å². The fourth-order valence-corrected chi connectivity index (χ4v) is 4.10. The number of rotatable bonds is 5. The summed E-state index contributed by atoms with van der Waals surface area (Å²) in [4.78, 5) is 35.3. The summed E-state index contributed by atoms with van der Waals surface area (Å²) in [7, 11) is 0. The van der Waals surface area contributed by atoms with Crippen molar-refractivity contribution < 1.29 is 9.53 Å². The van der Waals surface area contributed by atoms with Crippen molar-refractivity contribution in [2.24, 2.45) is 5.92 Å². The highest BCUT2D eigenvalue weighted by Gasteiger charge is 2.20. The minimum absolute atomic E-state index is 0.0878. The van der Waals surface area contributed by atoms with Crippen LogP contribution in [0.2, 0.25) is 0 Å². The number of hydrogen-bond acceptors (Lipinski definition) is 6. The maximum atomic E-state index is 12.6. The molecule has 3 aromatic rings. The Morgan fingerprint density at radius 1 is 1.34 bits per heavy atom. The summed E-state index contributed by atoms with van der Waals surface area (Å²) in [6.45, 7) is 6.13. The number of thiazole rings is 1. The molecule has 3 heterocycles. The second kappa shape index (κ2) is 7.79. The second-order valence-corrected chi connectivity index (χ2v) is 8.50. The maximum Gasteiger partial charge on any atom is 0.345 e. The van der Waals surface area contributed by atoms with Crippen molar-refractivity contribution in [3.05, 3.63) is 57.1 Å². The van der Waals surface area contributed by atoms with Crippen molar-refractivity contribution in [1.29, 1.82) is 0 Å². The van der Waals surface area contributed by atoms with E-state index in [1.54, 1.807) is 6.07 Å². The zero-order valence-electron chi connectivity index (χ0n) is 16.5. The Kier molecular flexibility index (Phi) is 5.19. The Morgan fingerprint density at radius 2 is 2.17 bits per heavy atom. The maximum absolute atomic E-state index is 12.6. The molecule has 0 aliphatic carbocycles. The quantitative estimate of drug-likeness (QED) is 0.669. The number of nitrogens with zero attached hydrogens (tertiary/aromatic N) is 2. The number of benzene rings is 1. The molecular formula is C21H22N4O3S. The van der Waals surface area contributed by atoms with Crippen LogP contribution in [0.5, 0.6) is 5.75 Å². The van der Waals surface area contributed by atoms with Gasteiger partial charge in [0.05, 0.1) is 5.69 Å². The van der Waals surface area contributed by atoms with Crippen molar-refractivity contribution in [3.8, 4) is 17.0 Å². The Labute approximate surface area is 172 Å². The average molecular weight is 410 g/mol. The molecule has 0 saturated heterocycles. The van der Waals surface area contributed by atoms with Crippen LogP contribution in [0.3, 0.4) is 0 Å². The Bertz CT molecular complexity index is 1120. The molecule has 8 heteroatoms. The molecule has 1 atom stereocenters. The fourth-order valence-electron chi connectivity index (χ4n) is 3.38. The Hall–Kier alpha value is -3.00. The number of hydrogen-bond donors (Lipinski definition) is 2. The van der Waals surface area contributed by atoms with Crippen LogP contribution >= 0.6 is 11.3 Å². The van der Waals surface area contributed by atoms with Gasteiger partial charge in [0.15, 0.2) is 5.13 Å². The van der Waals surface area contributed by atoms with E-state index in [4.69, 9.17) is 4.74 Å². The number of aromatic nitrogens is 3. The van der Waals surface area contributed by atoms with E-state index < -0.39 is 11.6 Å². The average Bonchev–Trinajstić information content (AvgIpc) is 3.25. The number of amides is 1. The molecule has 0 unspecified atom stereocenters. The van der Waals surface area contributed by atoms with Crippen LogP contribution in [-0.4, -0.2) is 27.0 Å². The van der Waals surface area contributed by atoms with Gasteiger partial charge in [-0.15, -0.1) is 11.3 Å². The van der Waals surface area contributed by atoms with Gasteiger partial charge < -0.3 is 9.72 Å². The number of carbonyl (C=O) groups is 1. The van der Waals surface area contributed by atoms with E-state index >= 15 is 0 Å². The topological polar surface area (TPSA) is 97.0 Å².